The van der Waals surface area contributed by atoms with Gasteiger partial charge in [0.05, 0.1) is 6.33 Å². The number of unbranched alkanes of at least 4 members (excludes halogenated alkanes) is 2. The molecule has 2 aromatic carbocycles. The van der Waals surface area contributed by atoms with Crippen LogP contribution < -0.4 is 14.8 Å². The molecule has 2 heterocycles. The van der Waals surface area contributed by atoms with Crippen molar-refractivity contribution in [1.29, 1.82) is 0 Å². The Morgan fingerprint density at radius 2 is 2.03 bits per heavy atom. The maximum Gasteiger partial charge on any atom is 0.231 e. The molecule has 1 unspecified atom stereocenters. The van der Waals surface area contributed by atoms with Crippen LogP contribution >= 0.6 is 0 Å². The number of anilines is 1. The maximum absolute atomic E-state index is 13.3. The minimum atomic E-state index is 0.0275. The molecule has 0 fully saturated rings. The Kier molecular flexibility index (Phi) is 7.88. The Balaban J connectivity index is 1.53. The Morgan fingerprint density at radius 3 is 2.79 bits per heavy atom. The van der Waals surface area contributed by atoms with E-state index >= 15 is 0 Å². The maximum atomic E-state index is 13.3. The van der Waals surface area contributed by atoms with Gasteiger partial charge in [0.25, 0.3) is 0 Å². The molecule has 0 spiro atoms. The zero-order chi connectivity index (χ0) is 23.9. The van der Waals surface area contributed by atoms with Crippen LogP contribution in [0.2, 0.25) is 0 Å². The van der Waals surface area contributed by atoms with Crippen LogP contribution in [0.3, 0.4) is 0 Å². The molecule has 0 aliphatic carbocycles. The smallest absolute Gasteiger partial charge is 0.231 e. The van der Waals surface area contributed by atoms with E-state index in [-0.39, 0.29) is 18.6 Å². The summed E-state index contributed by atoms with van der Waals surface area (Å²) in [6.07, 6.45) is 10.3. The zero-order valence-electron chi connectivity index (χ0n) is 20.4. The number of imidazole rings is 1. The summed E-state index contributed by atoms with van der Waals surface area (Å²) in [7, 11) is 0. The number of aromatic nitrogens is 2. The van der Waals surface area contributed by atoms with Gasteiger partial charge in [-0.15, -0.1) is 0 Å². The molecule has 1 atom stereocenters. The van der Waals surface area contributed by atoms with E-state index in [2.05, 4.69) is 55.3 Å². The highest BCUT2D eigenvalue weighted by molar-refractivity contribution is 5.92. The first-order chi connectivity index (χ1) is 16.5. The molecule has 1 amide bonds. The van der Waals surface area contributed by atoms with Gasteiger partial charge in [0, 0.05) is 36.6 Å². The molecule has 1 aliphatic heterocycles. The largest absolute Gasteiger partial charge is 0.454 e. The van der Waals surface area contributed by atoms with E-state index < -0.39 is 0 Å². The molecule has 1 N–H and O–H groups in total. The number of hydrogen-bond donors (Lipinski definition) is 1. The number of carbonyl (C=O) groups is 1. The Bertz CT molecular complexity index is 1090. The van der Waals surface area contributed by atoms with Gasteiger partial charge in [-0.05, 0) is 41.5 Å². The van der Waals surface area contributed by atoms with Crippen LogP contribution in [0.15, 0.2) is 55.1 Å². The van der Waals surface area contributed by atoms with Gasteiger partial charge in [0.15, 0.2) is 11.5 Å². The summed E-state index contributed by atoms with van der Waals surface area (Å²) < 4.78 is 13.4. The van der Waals surface area contributed by atoms with E-state index in [0.717, 1.165) is 59.6 Å². The number of fused-ring (bicyclic) bond motifs is 1. The normalized spacial score (nSPS) is 13.3. The first-order valence-corrected chi connectivity index (χ1v) is 12.3. The molecule has 1 aliphatic rings. The second-order valence-electron chi connectivity index (χ2n) is 9.34. The molecule has 6 heteroatoms. The van der Waals surface area contributed by atoms with E-state index in [0.29, 0.717) is 18.9 Å². The van der Waals surface area contributed by atoms with Crippen molar-refractivity contribution in [2.45, 2.75) is 71.3 Å². The monoisotopic (exact) mass is 461 g/mol. The van der Waals surface area contributed by atoms with Crippen LogP contribution in [0.1, 0.15) is 81.4 Å². The van der Waals surface area contributed by atoms with Gasteiger partial charge < -0.3 is 19.4 Å². The average Bonchev–Trinajstić information content (AvgIpc) is 3.50. The predicted octanol–water partition coefficient (Wildman–Crippen LogP) is 6.48. The summed E-state index contributed by atoms with van der Waals surface area (Å²) in [4.78, 5) is 17.5. The van der Waals surface area contributed by atoms with Crippen molar-refractivity contribution in [3.8, 4) is 11.5 Å². The molecule has 4 rings (SSSR count). The second-order valence-corrected chi connectivity index (χ2v) is 9.34. The van der Waals surface area contributed by atoms with Crippen molar-refractivity contribution in [3.63, 3.8) is 0 Å². The molecular formula is C28H35N3O3. The van der Waals surface area contributed by atoms with Gasteiger partial charge in [-0.1, -0.05) is 64.3 Å². The predicted molar refractivity (Wildman–Crippen MR) is 135 cm³/mol. The van der Waals surface area contributed by atoms with E-state index in [9.17, 15) is 4.79 Å². The topological polar surface area (TPSA) is 65.4 Å². The number of nitrogens with one attached hydrogen (secondary N) is 1. The molecule has 0 saturated heterocycles. The fourth-order valence-corrected chi connectivity index (χ4v) is 4.61. The third-order valence-corrected chi connectivity index (χ3v) is 6.39. The summed E-state index contributed by atoms with van der Waals surface area (Å²) in [6, 6.07) is 12.3. The van der Waals surface area contributed by atoms with Crippen molar-refractivity contribution in [1.82, 2.24) is 9.55 Å². The van der Waals surface area contributed by atoms with Crippen LogP contribution in [-0.4, -0.2) is 22.3 Å². The molecular weight excluding hydrogens is 426 g/mol. The van der Waals surface area contributed by atoms with Crippen molar-refractivity contribution < 1.29 is 14.3 Å². The van der Waals surface area contributed by atoms with Crippen molar-refractivity contribution in [2.24, 2.45) is 0 Å². The lowest BCUT2D eigenvalue weighted by atomic mass is 9.89. The number of ether oxygens (including phenoxy) is 2. The van der Waals surface area contributed by atoms with Gasteiger partial charge in [0.2, 0.25) is 12.7 Å². The Morgan fingerprint density at radius 1 is 1.15 bits per heavy atom. The van der Waals surface area contributed by atoms with Crippen LogP contribution in [0.5, 0.6) is 11.5 Å². The molecule has 0 bridgehead atoms. The fourth-order valence-electron chi connectivity index (χ4n) is 4.61. The third-order valence-electron chi connectivity index (χ3n) is 6.39. The molecule has 0 saturated carbocycles. The van der Waals surface area contributed by atoms with E-state index in [1.165, 1.54) is 0 Å². The minimum absolute atomic E-state index is 0.0275. The number of rotatable bonds is 11. The van der Waals surface area contributed by atoms with E-state index in [4.69, 9.17) is 9.47 Å². The van der Waals surface area contributed by atoms with Crippen molar-refractivity contribution >= 4 is 11.6 Å². The highest BCUT2D eigenvalue weighted by Gasteiger charge is 2.25. The van der Waals surface area contributed by atoms with Crippen LogP contribution in [0.4, 0.5) is 5.69 Å². The highest BCUT2D eigenvalue weighted by atomic mass is 16.7. The molecule has 1 aromatic heterocycles. The van der Waals surface area contributed by atoms with E-state index in [1.54, 1.807) is 12.5 Å². The first-order valence-electron chi connectivity index (χ1n) is 12.3. The molecule has 3 aromatic rings. The third kappa shape index (κ3) is 5.79. The SMILES string of the molecule is CCCCCC(CC(=O)Nc1cc(Cn2ccnc2)ccc1C(C)C)c1cccc2c1OCO2. The molecule has 34 heavy (non-hydrogen) atoms. The lowest BCUT2D eigenvalue weighted by Gasteiger charge is -2.20. The first kappa shape index (κ1) is 23.9. The Labute approximate surface area is 202 Å². The van der Waals surface area contributed by atoms with Crippen LogP contribution in [0, 0.1) is 0 Å². The average molecular weight is 462 g/mol. The standard InChI is InChI=1S/C28H35N3O3/c1-4-5-6-8-22(24-9-7-10-26-28(24)34-19-33-26)16-27(32)30-25-15-21(11-12-23(25)20(2)3)17-31-14-13-29-18-31/h7,9-15,18,20,22H,4-6,8,16-17,19H2,1-3H3,(H,30,32). The number of benzene rings is 2. The minimum Gasteiger partial charge on any atom is -0.454 e. The van der Waals surface area contributed by atoms with Gasteiger partial charge in [-0.2, -0.15) is 0 Å². The number of carbonyl (C=O) groups excluding carboxylic acids is 1. The lowest BCUT2D eigenvalue weighted by Crippen LogP contribution is -2.18. The van der Waals surface area contributed by atoms with Gasteiger partial charge in [-0.25, -0.2) is 4.98 Å². The van der Waals surface area contributed by atoms with Gasteiger partial charge >= 0.3 is 0 Å². The van der Waals surface area contributed by atoms with Crippen molar-refractivity contribution in [2.75, 3.05) is 12.1 Å². The van der Waals surface area contributed by atoms with Crippen LogP contribution in [-0.2, 0) is 11.3 Å². The zero-order valence-corrected chi connectivity index (χ0v) is 20.4. The van der Waals surface area contributed by atoms with E-state index in [1.807, 2.05) is 22.9 Å². The van der Waals surface area contributed by atoms with Crippen molar-refractivity contribution in [3.05, 3.63) is 71.8 Å². The number of nitrogens with zero attached hydrogens (tertiary/aromatic N) is 2. The summed E-state index contributed by atoms with van der Waals surface area (Å²) >= 11 is 0. The summed E-state index contributed by atoms with van der Waals surface area (Å²) in [5.74, 6) is 1.98. The molecule has 180 valence electrons. The quantitative estimate of drug-likeness (QED) is 0.332. The summed E-state index contributed by atoms with van der Waals surface area (Å²) in [5.41, 5.74) is 4.23. The molecule has 6 nitrogen and oxygen atoms in total. The van der Waals surface area contributed by atoms with Gasteiger partial charge in [-0.3, -0.25) is 4.79 Å². The number of amides is 1. The second kappa shape index (κ2) is 11.2. The lowest BCUT2D eigenvalue weighted by molar-refractivity contribution is -0.116. The van der Waals surface area contributed by atoms with Gasteiger partial charge in [0.1, 0.15) is 0 Å². The Hall–Kier alpha value is -3.28. The van der Waals surface area contributed by atoms with Crippen LogP contribution in [0.25, 0.3) is 0 Å². The highest BCUT2D eigenvalue weighted by Crippen LogP contribution is 2.42. The summed E-state index contributed by atoms with van der Waals surface area (Å²) in [5, 5.41) is 3.23. The molecule has 0 radical (unpaired) electrons. The fraction of sp³-hybridized carbons (Fsp3) is 0.429. The number of para-hydroxylation sites is 1. The summed E-state index contributed by atoms with van der Waals surface area (Å²) in [6.45, 7) is 7.45. The number of hydrogen-bond acceptors (Lipinski definition) is 4.